The Kier molecular flexibility index (Phi) is 13.3. The first-order valence-electron chi connectivity index (χ1n) is 15.5. The highest BCUT2D eigenvalue weighted by Gasteiger charge is 2.26. The Balaban J connectivity index is 1.41. The van der Waals surface area contributed by atoms with Crippen molar-refractivity contribution in [3.63, 3.8) is 0 Å². The predicted octanol–water partition coefficient (Wildman–Crippen LogP) is 6.23. The van der Waals surface area contributed by atoms with Gasteiger partial charge >= 0.3 is 0 Å². The Labute approximate surface area is 237 Å². The lowest BCUT2D eigenvalue weighted by molar-refractivity contribution is -0.0752. The smallest absolute Gasteiger partial charge is 0.0703 e. The van der Waals surface area contributed by atoms with Crippen LogP contribution in [0.15, 0.2) is 34.5 Å². The van der Waals surface area contributed by atoms with Crippen LogP contribution in [0.3, 0.4) is 0 Å². The highest BCUT2D eigenvalue weighted by atomic mass is 16.5. The average molecular weight is 539 g/mol. The largest absolute Gasteiger partial charge is 0.401 e. The second-order valence-electron chi connectivity index (χ2n) is 11.2. The van der Waals surface area contributed by atoms with E-state index in [1.807, 2.05) is 13.1 Å². The molecular weight excluding hydrogens is 484 g/mol. The number of unbranched alkanes of at least 4 members (excludes halogenated alkanes) is 4. The van der Waals surface area contributed by atoms with Crippen LogP contribution in [-0.4, -0.2) is 75.4 Å². The van der Waals surface area contributed by atoms with Gasteiger partial charge in [-0.1, -0.05) is 39.2 Å². The van der Waals surface area contributed by atoms with E-state index in [-0.39, 0.29) is 6.10 Å². The Bertz CT molecular complexity index is 958. The van der Waals surface area contributed by atoms with E-state index >= 15 is 0 Å². The Morgan fingerprint density at radius 1 is 1.15 bits per heavy atom. The van der Waals surface area contributed by atoms with E-state index in [0.29, 0.717) is 6.10 Å². The zero-order chi connectivity index (χ0) is 28.0. The molecule has 7 heteroatoms. The van der Waals surface area contributed by atoms with Crippen molar-refractivity contribution in [2.75, 3.05) is 56.5 Å². The van der Waals surface area contributed by atoms with Gasteiger partial charge < -0.3 is 26.1 Å². The highest BCUT2D eigenvalue weighted by molar-refractivity contribution is 6.02. The molecule has 4 N–H and O–H groups in total. The Morgan fingerprint density at radius 2 is 1.95 bits per heavy atom. The second-order valence-corrected chi connectivity index (χ2v) is 11.2. The van der Waals surface area contributed by atoms with Crippen molar-refractivity contribution >= 4 is 23.3 Å². The number of nitrogens with zero attached hydrogens (tertiary/aromatic N) is 3. The van der Waals surface area contributed by atoms with Gasteiger partial charge in [0.1, 0.15) is 0 Å². The van der Waals surface area contributed by atoms with Gasteiger partial charge in [0.05, 0.1) is 12.2 Å². The van der Waals surface area contributed by atoms with E-state index in [9.17, 15) is 0 Å². The molecule has 0 aromatic heterocycles. The summed E-state index contributed by atoms with van der Waals surface area (Å²) in [6, 6.07) is 6.28. The number of aliphatic imine (C=N–C) groups is 1. The lowest BCUT2D eigenvalue weighted by Crippen LogP contribution is -2.47. The molecule has 1 aromatic rings. The normalized spacial score (nSPS) is 22.3. The lowest BCUT2D eigenvalue weighted by Gasteiger charge is -2.36. The molecule has 1 aliphatic carbocycles. The van der Waals surface area contributed by atoms with Crippen LogP contribution in [0.5, 0.6) is 0 Å². The van der Waals surface area contributed by atoms with Crippen LogP contribution in [0, 0.1) is 5.41 Å². The fraction of sp³-hybridized carbons (Fsp3) is 0.688. The molecule has 1 aliphatic heterocycles. The number of rotatable bonds is 16. The number of anilines is 2. The van der Waals surface area contributed by atoms with Gasteiger partial charge in [0.25, 0.3) is 0 Å². The van der Waals surface area contributed by atoms with E-state index in [2.05, 4.69) is 48.0 Å². The standard InChI is InChI=1S/C32H54N6O/c1-5-19-38(32-17-13-15-30(35-4)28(32)21-33)20-11-9-7-8-10-18-36-31-16-12-14-27(31)29(34)24-37-22-25(3)39-26(6-2)23-37/h13,15,17,21,25-26,33,35H,5-12,14,16,18-20,22-24,34H2,1-4H3/b29-27-,33-21?,36-31?/t25-,26+/m1/s1. The maximum atomic E-state index is 7.92. The number of nitrogens with two attached hydrogens (primary N) is 1. The summed E-state index contributed by atoms with van der Waals surface area (Å²) in [4.78, 5) is 9.92. The maximum absolute atomic E-state index is 7.92. The molecule has 7 nitrogen and oxygen atoms in total. The molecule has 218 valence electrons. The molecular formula is C32H54N6O. The molecule has 0 unspecified atom stereocenters. The number of nitrogens with one attached hydrogen (secondary N) is 2. The van der Waals surface area contributed by atoms with E-state index in [1.165, 1.54) is 55.3 Å². The zero-order valence-electron chi connectivity index (χ0n) is 25.1. The third kappa shape index (κ3) is 9.35. The molecule has 2 aliphatic rings. The summed E-state index contributed by atoms with van der Waals surface area (Å²) in [7, 11) is 1.92. The fourth-order valence-electron chi connectivity index (χ4n) is 6.06. The van der Waals surface area contributed by atoms with Gasteiger partial charge in [-0.15, -0.1) is 0 Å². The third-order valence-electron chi connectivity index (χ3n) is 8.05. The monoisotopic (exact) mass is 538 g/mol. The minimum absolute atomic E-state index is 0.275. The van der Waals surface area contributed by atoms with Gasteiger partial charge in [0.2, 0.25) is 0 Å². The van der Waals surface area contributed by atoms with Crippen LogP contribution >= 0.6 is 0 Å². The molecule has 0 bridgehead atoms. The highest BCUT2D eigenvalue weighted by Crippen LogP contribution is 2.27. The molecule has 0 amide bonds. The summed E-state index contributed by atoms with van der Waals surface area (Å²) in [5, 5.41) is 11.1. The van der Waals surface area contributed by atoms with Crippen LogP contribution in [0.4, 0.5) is 11.4 Å². The summed E-state index contributed by atoms with van der Waals surface area (Å²) >= 11 is 0. The van der Waals surface area contributed by atoms with E-state index < -0.39 is 0 Å². The van der Waals surface area contributed by atoms with Gasteiger partial charge in [0.15, 0.2) is 0 Å². The molecule has 1 aromatic carbocycles. The molecule has 3 rings (SSSR count). The molecule has 1 heterocycles. The third-order valence-corrected chi connectivity index (χ3v) is 8.05. The molecule has 39 heavy (non-hydrogen) atoms. The van der Waals surface area contributed by atoms with Gasteiger partial charge in [-0.2, -0.15) is 0 Å². The van der Waals surface area contributed by atoms with Gasteiger partial charge in [-0.3, -0.25) is 9.89 Å². The molecule has 2 atom stereocenters. The van der Waals surface area contributed by atoms with Gasteiger partial charge in [-0.05, 0) is 69.6 Å². The molecule has 0 spiro atoms. The molecule has 2 fully saturated rings. The number of allylic oxidation sites excluding steroid dienone is 1. The first-order valence-corrected chi connectivity index (χ1v) is 15.5. The predicted molar refractivity (Wildman–Crippen MR) is 168 cm³/mol. The molecule has 1 saturated heterocycles. The SMILES string of the molecule is CCCN(CCCCCCCN=C1CCC/C1=C(/N)CN1C[C@H](CC)O[C@H](C)C1)c1cccc(NC)c1C=N. The summed E-state index contributed by atoms with van der Waals surface area (Å²) in [6.07, 6.45) is 13.6. The first-order chi connectivity index (χ1) is 19.0. The zero-order valence-corrected chi connectivity index (χ0v) is 25.1. The lowest BCUT2D eigenvalue weighted by atomic mass is 10.1. The summed E-state index contributed by atoms with van der Waals surface area (Å²) in [6.45, 7) is 12.3. The average Bonchev–Trinajstić information content (AvgIpc) is 3.41. The summed E-state index contributed by atoms with van der Waals surface area (Å²) < 4.78 is 6.02. The van der Waals surface area contributed by atoms with Gasteiger partial charge in [-0.25, -0.2) is 0 Å². The number of hydrogen-bond donors (Lipinski definition) is 3. The number of hydrogen-bond acceptors (Lipinski definition) is 7. The summed E-state index contributed by atoms with van der Waals surface area (Å²) in [5.41, 5.74) is 13.4. The minimum Gasteiger partial charge on any atom is -0.401 e. The van der Waals surface area contributed by atoms with Crippen molar-refractivity contribution in [2.24, 2.45) is 10.7 Å². The van der Waals surface area contributed by atoms with Crippen molar-refractivity contribution in [1.82, 2.24) is 4.90 Å². The number of ether oxygens (including phenoxy) is 1. The Hall–Kier alpha value is -2.38. The van der Waals surface area contributed by atoms with Crippen molar-refractivity contribution in [1.29, 1.82) is 5.41 Å². The van der Waals surface area contributed by atoms with Crippen LogP contribution in [-0.2, 0) is 4.74 Å². The number of morpholine rings is 1. The molecule has 0 radical (unpaired) electrons. The maximum Gasteiger partial charge on any atom is 0.0703 e. The van der Waals surface area contributed by atoms with Crippen LogP contribution < -0.4 is 16.0 Å². The van der Waals surface area contributed by atoms with Crippen molar-refractivity contribution in [3.8, 4) is 0 Å². The number of benzene rings is 1. The van der Waals surface area contributed by atoms with E-state index in [0.717, 1.165) is 88.3 Å². The van der Waals surface area contributed by atoms with Crippen LogP contribution in [0.25, 0.3) is 0 Å². The van der Waals surface area contributed by atoms with Crippen LogP contribution in [0.2, 0.25) is 0 Å². The van der Waals surface area contributed by atoms with Crippen molar-refractivity contribution in [3.05, 3.63) is 35.0 Å². The molecule has 1 saturated carbocycles. The summed E-state index contributed by atoms with van der Waals surface area (Å²) in [5.74, 6) is 0. The fourth-order valence-corrected chi connectivity index (χ4v) is 6.06. The topological polar surface area (TPSA) is 90.0 Å². The second kappa shape index (κ2) is 16.7. The van der Waals surface area contributed by atoms with Crippen LogP contribution in [0.1, 0.15) is 90.5 Å². The van der Waals surface area contributed by atoms with Gasteiger partial charge in [0, 0.05) is 80.9 Å². The van der Waals surface area contributed by atoms with E-state index in [4.69, 9.17) is 20.9 Å². The quantitative estimate of drug-likeness (QED) is 0.171. The minimum atomic E-state index is 0.275. The van der Waals surface area contributed by atoms with E-state index in [1.54, 1.807) is 0 Å². The Morgan fingerprint density at radius 3 is 2.69 bits per heavy atom. The van der Waals surface area contributed by atoms with Crippen molar-refractivity contribution in [2.45, 2.75) is 97.2 Å². The van der Waals surface area contributed by atoms with Crippen molar-refractivity contribution < 1.29 is 4.74 Å². The first kappa shape index (κ1) is 31.2.